The number of allylic oxidation sites excluding steroid dienone is 1. The van der Waals surface area contributed by atoms with Crippen LogP contribution in [0.15, 0.2) is 43.1 Å². The Bertz CT molecular complexity index is 1030. The number of nitrogens with one attached hydrogen (secondary N) is 3. The normalized spacial score (nSPS) is 12.1. The number of para-hydroxylation sites is 1. The molecule has 0 saturated heterocycles. The molecule has 0 unspecified atom stereocenters. The van der Waals surface area contributed by atoms with Crippen molar-refractivity contribution in [3.63, 3.8) is 0 Å². The van der Waals surface area contributed by atoms with Gasteiger partial charge in [-0.3, -0.25) is 14.4 Å². The highest BCUT2D eigenvalue weighted by Crippen LogP contribution is 2.29. The maximum atomic E-state index is 13.0. The van der Waals surface area contributed by atoms with Crippen LogP contribution < -0.4 is 16.0 Å². The van der Waals surface area contributed by atoms with Crippen molar-refractivity contribution in [3.8, 4) is 0 Å². The van der Waals surface area contributed by atoms with Crippen molar-refractivity contribution < 1.29 is 19.2 Å². The molecular formula is C24H33N5O4. The Morgan fingerprint density at radius 3 is 2.52 bits per heavy atom. The highest BCUT2D eigenvalue weighted by molar-refractivity contribution is 5.91. The number of rotatable bonds is 12. The van der Waals surface area contributed by atoms with Crippen LogP contribution in [0.3, 0.4) is 0 Å². The van der Waals surface area contributed by atoms with Crippen molar-refractivity contribution in [2.75, 3.05) is 33.7 Å². The minimum absolute atomic E-state index is 0.114. The number of carbonyl (C=O) groups excluding carboxylic acids is 4. The van der Waals surface area contributed by atoms with E-state index in [1.54, 1.807) is 14.1 Å². The van der Waals surface area contributed by atoms with Crippen molar-refractivity contribution in [1.82, 2.24) is 25.4 Å². The average molecular weight is 456 g/mol. The minimum Gasteiger partial charge on any atom is -0.348 e. The third-order valence-corrected chi connectivity index (χ3v) is 5.57. The van der Waals surface area contributed by atoms with Gasteiger partial charge >= 0.3 is 0 Å². The zero-order valence-corrected chi connectivity index (χ0v) is 19.7. The SMILES string of the molecule is C=CC(C)(C)n1cc(C[C@H](NC)C(=O)N(C)CC(=O)NCC(=O)NCC=O)c2ccccc21. The third kappa shape index (κ3) is 6.52. The van der Waals surface area contributed by atoms with Crippen LogP contribution in [-0.4, -0.2) is 73.2 Å². The van der Waals surface area contributed by atoms with Gasteiger partial charge in [0.25, 0.3) is 0 Å². The van der Waals surface area contributed by atoms with E-state index in [1.807, 2.05) is 30.3 Å². The molecule has 0 saturated carbocycles. The lowest BCUT2D eigenvalue weighted by Crippen LogP contribution is -2.49. The Morgan fingerprint density at radius 2 is 1.88 bits per heavy atom. The number of fused-ring (bicyclic) bond motifs is 1. The maximum absolute atomic E-state index is 13.0. The molecule has 0 aliphatic rings. The molecule has 3 amide bonds. The van der Waals surface area contributed by atoms with Gasteiger partial charge in [-0.15, -0.1) is 6.58 Å². The molecule has 0 bridgehead atoms. The van der Waals surface area contributed by atoms with Crippen molar-refractivity contribution >= 4 is 34.9 Å². The molecule has 9 heteroatoms. The first-order valence-corrected chi connectivity index (χ1v) is 10.8. The molecule has 2 rings (SSSR count). The first-order valence-electron chi connectivity index (χ1n) is 10.8. The zero-order valence-electron chi connectivity index (χ0n) is 19.7. The predicted molar refractivity (Wildman–Crippen MR) is 128 cm³/mol. The van der Waals surface area contributed by atoms with Crippen molar-refractivity contribution in [3.05, 3.63) is 48.7 Å². The standard InChI is InChI=1S/C24H33N5O4/c1-6-24(2,3)29-15-17(18-9-7-8-10-20(18)29)13-19(25-4)23(33)28(5)16-22(32)27-14-21(31)26-11-12-30/h6-10,12,15,19,25H,1,11,13-14,16H2,2-5H3,(H,26,31)(H,27,32)/t19-/m0/s1. The highest BCUT2D eigenvalue weighted by Gasteiger charge is 2.26. The summed E-state index contributed by atoms with van der Waals surface area (Å²) in [5, 5.41) is 8.88. The summed E-state index contributed by atoms with van der Waals surface area (Å²) < 4.78 is 2.15. The molecule has 3 N–H and O–H groups in total. The van der Waals surface area contributed by atoms with Crippen molar-refractivity contribution in [1.29, 1.82) is 0 Å². The van der Waals surface area contributed by atoms with Gasteiger partial charge in [-0.25, -0.2) is 0 Å². The van der Waals surface area contributed by atoms with Crippen LogP contribution >= 0.6 is 0 Å². The van der Waals surface area contributed by atoms with E-state index in [4.69, 9.17) is 0 Å². The third-order valence-electron chi connectivity index (χ3n) is 5.57. The van der Waals surface area contributed by atoms with Crippen LogP contribution in [-0.2, 0) is 31.1 Å². The number of nitrogens with zero attached hydrogens (tertiary/aromatic N) is 2. The van der Waals surface area contributed by atoms with Gasteiger partial charge in [0, 0.05) is 24.1 Å². The van der Waals surface area contributed by atoms with Gasteiger partial charge in [0.1, 0.15) is 6.29 Å². The van der Waals surface area contributed by atoms with Gasteiger partial charge < -0.3 is 30.2 Å². The monoisotopic (exact) mass is 455 g/mol. The van der Waals surface area contributed by atoms with Crippen LogP contribution in [0.25, 0.3) is 10.9 Å². The average Bonchev–Trinajstić information content (AvgIpc) is 3.18. The fraction of sp³-hybridized carbons (Fsp3) is 0.417. The summed E-state index contributed by atoms with van der Waals surface area (Å²) >= 11 is 0. The van der Waals surface area contributed by atoms with E-state index >= 15 is 0 Å². The van der Waals surface area contributed by atoms with Gasteiger partial charge in [-0.1, -0.05) is 24.3 Å². The van der Waals surface area contributed by atoms with Crippen LogP contribution in [0, 0.1) is 0 Å². The summed E-state index contributed by atoms with van der Waals surface area (Å²) in [6, 6.07) is 7.49. The van der Waals surface area contributed by atoms with Gasteiger partial charge in [0.2, 0.25) is 17.7 Å². The Hall–Kier alpha value is -3.46. The molecule has 178 valence electrons. The second-order valence-electron chi connectivity index (χ2n) is 8.39. The molecular weight excluding hydrogens is 422 g/mol. The fourth-order valence-electron chi connectivity index (χ4n) is 3.53. The zero-order chi connectivity index (χ0) is 24.6. The number of aldehydes is 1. The van der Waals surface area contributed by atoms with Crippen LogP contribution in [0.2, 0.25) is 0 Å². The van der Waals surface area contributed by atoms with Gasteiger partial charge in [-0.2, -0.15) is 0 Å². The fourth-order valence-corrected chi connectivity index (χ4v) is 3.53. The van der Waals surface area contributed by atoms with Crippen LogP contribution in [0.5, 0.6) is 0 Å². The molecule has 0 fully saturated rings. The molecule has 2 aromatic rings. The number of benzene rings is 1. The molecule has 9 nitrogen and oxygen atoms in total. The smallest absolute Gasteiger partial charge is 0.240 e. The quantitative estimate of drug-likeness (QED) is 0.320. The molecule has 1 atom stereocenters. The molecule has 1 aromatic heterocycles. The molecule has 0 spiro atoms. The Balaban J connectivity index is 2.10. The molecule has 33 heavy (non-hydrogen) atoms. The predicted octanol–water partition coefficient (Wildman–Crippen LogP) is 0.583. The van der Waals surface area contributed by atoms with Crippen LogP contribution in [0.1, 0.15) is 19.4 Å². The molecule has 0 radical (unpaired) electrons. The number of hydrogen-bond acceptors (Lipinski definition) is 5. The van der Waals surface area contributed by atoms with E-state index < -0.39 is 17.9 Å². The second kappa shape index (κ2) is 11.4. The number of carbonyl (C=O) groups is 4. The van der Waals surface area contributed by atoms with E-state index in [1.165, 1.54) is 4.90 Å². The maximum Gasteiger partial charge on any atom is 0.240 e. The summed E-state index contributed by atoms with van der Waals surface area (Å²) in [6.07, 6.45) is 4.93. The van der Waals surface area contributed by atoms with E-state index in [-0.39, 0.29) is 31.1 Å². The lowest BCUT2D eigenvalue weighted by molar-refractivity contribution is -0.136. The minimum atomic E-state index is -0.537. The lowest BCUT2D eigenvalue weighted by atomic mass is 10.0. The highest BCUT2D eigenvalue weighted by atomic mass is 16.2. The summed E-state index contributed by atoms with van der Waals surface area (Å²) in [5.41, 5.74) is 1.77. The first kappa shape index (κ1) is 25.8. The van der Waals surface area contributed by atoms with E-state index in [0.29, 0.717) is 12.7 Å². The number of aromatic nitrogens is 1. The second-order valence-corrected chi connectivity index (χ2v) is 8.39. The summed E-state index contributed by atoms with van der Waals surface area (Å²) in [6.45, 7) is 7.53. The molecule has 1 aromatic carbocycles. The summed E-state index contributed by atoms with van der Waals surface area (Å²) in [4.78, 5) is 48.3. The number of hydrogen-bond donors (Lipinski definition) is 3. The van der Waals surface area contributed by atoms with E-state index in [9.17, 15) is 19.2 Å². The Kier molecular flexibility index (Phi) is 8.93. The van der Waals surface area contributed by atoms with Crippen LogP contribution in [0.4, 0.5) is 0 Å². The van der Waals surface area contributed by atoms with E-state index in [0.717, 1.165) is 16.5 Å². The van der Waals surface area contributed by atoms with Gasteiger partial charge in [0.15, 0.2) is 0 Å². The van der Waals surface area contributed by atoms with Gasteiger partial charge in [0.05, 0.1) is 31.2 Å². The topological polar surface area (TPSA) is 113 Å². The Morgan fingerprint density at radius 1 is 1.18 bits per heavy atom. The lowest BCUT2D eigenvalue weighted by Gasteiger charge is -2.24. The van der Waals surface area contributed by atoms with Gasteiger partial charge in [-0.05, 0) is 38.9 Å². The summed E-state index contributed by atoms with van der Waals surface area (Å²) in [5.74, 6) is -1.18. The molecule has 1 heterocycles. The largest absolute Gasteiger partial charge is 0.348 e. The van der Waals surface area contributed by atoms with Crippen molar-refractivity contribution in [2.45, 2.75) is 31.8 Å². The first-order chi connectivity index (χ1) is 15.6. The van der Waals surface area contributed by atoms with Crippen molar-refractivity contribution in [2.24, 2.45) is 0 Å². The summed E-state index contributed by atoms with van der Waals surface area (Å²) in [7, 11) is 3.25. The molecule has 0 aliphatic heterocycles. The molecule has 0 aliphatic carbocycles. The number of likely N-dealkylation sites (N-methyl/N-ethyl adjacent to an activating group) is 2. The van der Waals surface area contributed by atoms with E-state index in [2.05, 4.69) is 47.1 Å². The Labute approximate surface area is 194 Å². The number of amides is 3.